The zero-order valence-corrected chi connectivity index (χ0v) is 49.9. The molecule has 7 fully saturated rings. The first-order valence-electron chi connectivity index (χ1n) is 30.8. The molecule has 1 aliphatic carbocycles. The molecule has 87 heavy (non-hydrogen) atoms. The molecule has 6 saturated heterocycles. The molecule has 2 bridgehead atoms. The van der Waals surface area contributed by atoms with E-state index in [0.29, 0.717) is 68.3 Å². The van der Waals surface area contributed by atoms with Crippen molar-refractivity contribution >= 4 is 61.2 Å². The van der Waals surface area contributed by atoms with Crippen molar-refractivity contribution in [2.75, 3.05) is 126 Å². The molecule has 15 rings (SSSR count). The Morgan fingerprint density at radius 1 is 0.908 bits per heavy atom. The first-order valence-corrected chi connectivity index (χ1v) is 32.3. The van der Waals surface area contributed by atoms with Crippen LogP contribution in [0.5, 0.6) is 17.4 Å². The minimum absolute atomic E-state index is 0.0203. The number of nitrogens with one attached hydrogen (secondary N) is 3. The Kier molecular flexibility index (Phi) is 14.7. The Balaban J connectivity index is 0.676. The molecule has 8 aliphatic heterocycles. The summed E-state index contributed by atoms with van der Waals surface area (Å²) in [6.07, 6.45) is 9.31. The van der Waals surface area contributed by atoms with E-state index in [4.69, 9.17) is 38.4 Å². The number of nitro groups is 1. The summed E-state index contributed by atoms with van der Waals surface area (Å²) < 4.78 is 67.3. The number of nitro benzene ring substituents is 1. The number of hydrogen-bond donors (Lipinski definition) is 3. The van der Waals surface area contributed by atoms with Gasteiger partial charge in [0.2, 0.25) is 5.88 Å². The molecule has 458 valence electrons. The lowest BCUT2D eigenvalue weighted by molar-refractivity contribution is -0.384. The highest BCUT2D eigenvalue weighted by molar-refractivity contribution is 7.90. The van der Waals surface area contributed by atoms with E-state index in [-0.39, 0.29) is 65.9 Å². The smallest absolute Gasteiger partial charge is 0.297 e. The van der Waals surface area contributed by atoms with Crippen LogP contribution in [-0.4, -0.2) is 191 Å². The number of rotatable bonds is 14. The number of piperidine rings is 1. The predicted octanol–water partition coefficient (Wildman–Crippen LogP) is 6.78. The summed E-state index contributed by atoms with van der Waals surface area (Å²) in [5, 5.41) is 16.8. The van der Waals surface area contributed by atoms with Crippen LogP contribution in [0, 0.1) is 22.5 Å². The maximum atomic E-state index is 15.0. The molecule has 0 radical (unpaired) electrons. The number of fused-ring (bicyclic) bond motifs is 6. The zero-order chi connectivity index (χ0) is 59.1. The fourth-order valence-corrected chi connectivity index (χ4v) is 16.4. The average molecular weight is 1210 g/mol. The highest BCUT2D eigenvalue weighted by Gasteiger charge is 2.51. The van der Waals surface area contributed by atoms with Gasteiger partial charge < -0.3 is 53.4 Å². The third kappa shape index (κ3) is 10.6. The standard InChI is InChI=1S/C63H74N12O11S/c1-39-5-3-4-6-48(39)54-35-69(32-40-23-56(81-2)60(65-31-40)71-18-21-82-22-19-71)16-17-73(54)45-29-63(30-45)11-14-70(15-12-63)43-7-8-49(51(26-43)74-50-10-20-83-38-57(50)86-62-53(74)24-41-9-13-64-59(41)67-62)61(76)68-87(79,80)47-27-52(75(77)78)58-55(28-47)85-36-42(66-58)33-72-34-46-25-44(72)37-84-46/h3-9,13,23-24,26-28,31,42,44-46,50,54,57,66H,10-12,14-22,25,29-30,32-38H2,1-2H3,(H,64,67)(H,68,76)/t42-,44-,46-,50+,54+,57+/m1/s1. The molecular weight excluding hydrogens is 1130 g/mol. The number of carbonyl (C=O) groups is 1. The summed E-state index contributed by atoms with van der Waals surface area (Å²) in [4.78, 5) is 53.9. The topological polar surface area (TPSA) is 235 Å². The van der Waals surface area contributed by atoms with Crippen LogP contribution in [0.25, 0.3) is 11.0 Å². The van der Waals surface area contributed by atoms with Gasteiger partial charge in [0.25, 0.3) is 21.6 Å². The number of H-pyrrole nitrogens is 1. The number of carbonyl (C=O) groups excluding carboxylic acids is 1. The number of anilines is 5. The van der Waals surface area contributed by atoms with Crippen LogP contribution >= 0.6 is 0 Å². The number of aromatic nitrogens is 3. The summed E-state index contributed by atoms with van der Waals surface area (Å²) in [6, 6.07) is 23.1. The number of piperazine rings is 1. The summed E-state index contributed by atoms with van der Waals surface area (Å²) >= 11 is 0. The normalized spacial score (nSPS) is 25.7. The van der Waals surface area contributed by atoms with E-state index in [1.807, 2.05) is 36.7 Å². The molecule has 6 aromatic rings. The van der Waals surface area contributed by atoms with Crippen molar-refractivity contribution in [3.05, 3.63) is 118 Å². The van der Waals surface area contributed by atoms with Crippen molar-refractivity contribution in [3.8, 4) is 17.4 Å². The van der Waals surface area contributed by atoms with E-state index < -0.39 is 37.5 Å². The molecule has 1 spiro atoms. The number of likely N-dealkylation sites (tertiary alicyclic amines) is 1. The fourth-order valence-electron chi connectivity index (χ4n) is 15.4. The third-order valence-corrected chi connectivity index (χ3v) is 21.3. The van der Waals surface area contributed by atoms with Crippen LogP contribution in [0.15, 0.2) is 90.1 Å². The summed E-state index contributed by atoms with van der Waals surface area (Å²) in [5.74, 6) is 1.15. The van der Waals surface area contributed by atoms with Gasteiger partial charge in [0.15, 0.2) is 23.0 Å². The number of methoxy groups -OCH3 is 1. The zero-order valence-electron chi connectivity index (χ0n) is 49.1. The minimum atomic E-state index is -4.73. The number of aromatic amines is 1. The van der Waals surface area contributed by atoms with Crippen molar-refractivity contribution in [3.63, 3.8) is 0 Å². The first-order chi connectivity index (χ1) is 42.3. The fraction of sp³-hybridized carbons (Fsp3) is 0.508. The maximum absolute atomic E-state index is 15.0. The number of sulfonamides is 1. The van der Waals surface area contributed by atoms with Gasteiger partial charge in [-0.25, -0.2) is 18.1 Å². The summed E-state index contributed by atoms with van der Waals surface area (Å²) in [7, 11) is -3.00. The van der Waals surface area contributed by atoms with Crippen molar-refractivity contribution in [2.45, 2.75) is 99.3 Å². The maximum Gasteiger partial charge on any atom is 0.297 e. The molecule has 24 heteroatoms. The monoisotopic (exact) mass is 1210 g/mol. The molecular formula is C63H74N12O11S. The summed E-state index contributed by atoms with van der Waals surface area (Å²) in [5.41, 5.74) is 6.40. The molecule has 11 heterocycles. The molecule has 0 unspecified atom stereocenters. The number of ether oxygens (including phenoxy) is 6. The van der Waals surface area contributed by atoms with Crippen molar-refractivity contribution in [2.24, 2.45) is 5.41 Å². The molecule has 6 atom stereocenters. The number of nitrogens with zero attached hydrogens (tertiary/aromatic N) is 9. The van der Waals surface area contributed by atoms with Gasteiger partial charge in [-0.3, -0.25) is 29.6 Å². The second-order valence-electron chi connectivity index (χ2n) is 25.2. The second-order valence-corrected chi connectivity index (χ2v) is 26.9. The number of benzene rings is 3. The Bertz CT molecular complexity index is 3740. The van der Waals surface area contributed by atoms with Crippen LogP contribution in [0.4, 0.5) is 34.3 Å². The second kappa shape index (κ2) is 22.7. The van der Waals surface area contributed by atoms with Gasteiger partial charge in [-0.15, -0.1) is 0 Å². The highest BCUT2D eigenvalue weighted by atomic mass is 32.2. The van der Waals surface area contributed by atoms with Gasteiger partial charge in [-0.2, -0.15) is 4.98 Å². The van der Waals surface area contributed by atoms with Gasteiger partial charge in [0.05, 0.1) is 72.8 Å². The SMILES string of the molecule is COc1cc(CN2CCN(C3CC4(CCN(c5ccc(C(=O)NS(=O)(=O)c6cc7c(c([N+](=O)[O-])c6)N[C@H](CN6C[C@H]8C[C@@H]6CO8)CO7)c(N6c7cc8cc[nH]c8nc7O[C@H]7COCC[C@@H]76)c5)CC4)C3)[C@H](c3ccccc3C)C2)cnc1N1CCOCC1. The van der Waals surface area contributed by atoms with Gasteiger partial charge in [0.1, 0.15) is 24.0 Å². The van der Waals surface area contributed by atoms with E-state index in [9.17, 15) is 23.3 Å². The van der Waals surface area contributed by atoms with Crippen molar-refractivity contribution < 1.29 is 46.6 Å². The van der Waals surface area contributed by atoms with Crippen LogP contribution in [0.1, 0.15) is 71.6 Å². The number of aryl methyl sites for hydroxylation is 1. The first kappa shape index (κ1) is 56.2. The Labute approximate surface area is 505 Å². The molecule has 3 aromatic carbocycles. The summed E-state index contributed by atoms with van der Waals surface area (Å²) in [6.45, 7) is 13.3. The lowest BCUT2D eigenvalue weighted by atomic mass is 9.59. The van der Waals surface area contributed by atoms with Crippen LogP contribution < -0.4 is 38.9 Å². The molecule has 3 N–H and O–H groups in total. The van der Waals surface area contributed by atoms with E-state index >= 15 is 0 Å². The van der Waals surface area contributed by atoms with Gasteiger partial charge >= 0.3 is 0 Å². The van der Waals surface area contributed by atoms with Crippen molar-refractivity contribution in [1.29, 1.82) is 0 Å². The lowest BCUT2D eigenvalue weighted by Crippen LogP contribution is -2.59. The number of amides is 1. The number of hydrogen-bond acceptors (Lipinski definition) is 20. The Hall–Kier alpha value is -7.32. The van der Waals surface area contributed by atoms with Crippen molar-refractivity contribution in [1.82, 2.24) is 34.4 Å². The third-order valence-electron chi connectivity index (χ3n) is 20.0. The van der Waals surface area contributed by atoms with Gasteiger partial charge in [-0.05, 0) is 104 Å². The molecule has 1 amide bonds. The molecule has 3 aromatic heterocycles. The van der Waals surface area contributed by atoms with Crippen LogP contribution in [0.3, 0.4) is 0 Å². The van der Waals surface area contributed by atoms with Crippen LogP contribution in [0.2, 0.25) is 0 Å². The Morgan fingerprint density at radius 3 is 2.55 bits per heavy atom. The number of pyridine rings is 2. The highest BCUT2D eigenvalue weighted by Crippen LogP contribution is 2.54. The average Bonchev–Trinajstić information content (AvgIpc) is 1.50. The minimum Gasteiger partial charge on any atom is -0.493 e. The number of morpholine rings is 2. The van der Waals surface area contributed by atoms with E-state index in [1.54, 1.807) is 13.2 Å². The van der Waals surface area contributed by atoms with Gasteiger partial charge in [0, 0.05) is 126 Å². The molecule has 23 nitrogen and oxygen atoms in total. The van der Waals surface area contributed by atoms with Crippen LogP contribution in [-0.2, 0) is 30.8 Å². The quantitative estimate of drug-likeness (QED) is 0.0753. The van der Waals surface area contributed by atoms with E-state index in [0.717, 1.165) is 125 Å². The van der Waals surface area contributed by atoms with E-state index in [2.05, 4.69) is 81.7 Å². The van der Waals surface area contributed by atoms with Gasteiger partial charge in [-0.1, -0.05) is 24.3 Å². The predicted molar refractivity (Wildman–Crippen MR) is 325 cm³/mol. The molecule has 1 saturated carbocycles. The molecule has 9 aliphatic rings. The lowest BCUT2D eigenvalue weighted by Gasteiger charge is -2.58. The Morgan fingerprint density at radius 2 is 1.76 bits per heavy atom. The largest absolute Gasteiger partial charge is 0.493 e. The van der Waals surface area contributed by atoms with E-state index in [1.165, 1.54) is 17.2 Å².